The lowest BCUT2D eigenvalue weighted by atomic mass is 10.0. The van der Waals surface area contributed by atoms with Crippen LogP contribution in [0.2, 0.25) is 0 Å². The number of nitrogens with zero attached hydrogens (tertiary/aromatic N) is 1. The molecule has 1 aromatic heterocycles. The highest BCUT2D eigenvalue weighted by molar-refractivity contribution is 5.79. The van der Waals surface area contributed by atoms with Crippen molar-refractivity contribution in [2.24, 2.45) is 0 Å². The lowest BCUT2D eigenvalue weighted by Gasteiger charge is -2.25. The number of rotatable bonds is 8. The van der Waals surface area contributed by atoms with Crippen LogP contribution < -0.4 is 10.9 Å². The summed E-state index contributed by atoms with van der Waals surface area (Å²) in [5.41, 5.74) is 3.81. The lowest BCUT2D eigenvalue weighted by Crippen LogP contribution is -2.34. The highest BCUT2D eigenvalue weighted by atomic mass is 16.1. The molecule has 0 saturated carbocycles. The zero-order valence-corrected chi connectivity index (χ0v) is 17.4. The summed E-state index contributed by atoms with van der Waals surface area (Å²) in [6, 6.07) is 18.2. The fraction of sp³-hybridized carbons (Fsp3) is 0.333. The van der Waals surface area contributed by atoms with Crippen molar-refractivity contribution < 1.29 is 4.79 Å². The second-order valence-electron chi connectivity index (χ2n) is 7.59. The standard InChI is InChI=1S/C24H29N3O2/c1-4-17-9-11-18(12-10-17)22(27(2)3)16-25-23(28)14-13-20-15-19-7-5-6-8-21(19)26-24(20)29/h5-12,15,22H,4,13-14,16H2,1-3H3,(H,25,28)(H,26,29). The van der Waals surface area contributed by atoms with E-state index in [9.17, 15) is 9.59 Å². The average Bonchev–Trinajstić information content (AvgIpc) is 2.72. The summed E-state index contributed by atoms with van der Waals surface area (Å²) < 4.78 is 0. The van der Waals surface area contributed by atoms with Crippen molar-refractivity contribution in [3.8, 4) is 0 Å². The van der Waals surface area contributed by atoms with Gasteiger partial charge in [-0.15, -0.1) is 0 Å². The SMILES string of the molecule is CCc1ccc(C(CNC(=O)CCc2cc3ccccc3[nH]c2=O)N(C)C)cc1. The molecule has 2 N–H and O–H groups in total. The summed E-state index contributed by atoms with van der Waals surface area (Å²) in [4.78, 5) is 29.6. The van der Waals surface area contributed by atoms with Crippen LogP contribution >= 0.6 is 0 Å². The van der Waals surface area contributed by atoms with Crippen LogP contribution in [0.1, 0.15) is 36.1 Å². The quantitative estimate of drug-likeness (QED) is 0.618. The van der Waals surface area contributed by atoms with Crippen molar-refractivity contribution in [1.82, 2.24) is 15.2 Å². The smallest absolute Gasteiger partial charge is 0.251 e. The van der Waals surface area contributed by atoms with E-state index in [0.717, 1.165) is 17.3 Å². The van der Waals surface area contributed by atoms with Gasteiger partial charge in [-0.3, -0.25) is 9.59 Å². The van der Waals surface area contributed by atoms with Crippen molar-refractivity contribution in [1.29, 1.82) is 0 Å². The first-order valence-electron chi connectivity index (χ1n) is 10.1. The Labute approximate surface area is 171 Å². The van der Waals surface area contributed by atoms with E-state index in [2.05, 4.69) is 46.4 Å². The van der Waals surface area contributed by atoms with Gasteiger partial charge < -0.3 is 15.2 Å². The Morgan fingerprint density at radius 1 is 1.10 bits per heavy atom. The maximum absolute atomic E-state index is 12.4. The molecule has 2 aromatic carbocycles. The Bertz CT molecular complexity index is 1020. The van der Waals surface area contributed by atoms with Crippen molar-refractivity contribution >= 4 is 16.8 Å². The van der Waals surface area contributed by atoms with Crippen molar-refractivity contribution in [2.45, 2.75) is 32.2 Å². The number of para-hydroxylation sites is 1. The molecule has 0 aliphatic carbocycles. The fourth-order valence-electron chi connectivity index (χ4n) is 3.50. The molecule has 3 rings (SSSR count). The Morgan fingerprint density at radius 3 is 2.52 bits per heavy atom. The number of hydrogen-bond acceptors (Lipinski definition) is 3. The zero-order chi connectivity index (χ0) is 20.8. The van der Waals surface area contributed by atoms with Crippen LogP contribution in [0.4, 0.5) is 0 Å². The Morgan fingerprint density at radius 2 is 1.83 bits per heavy atom. The van der Waals surface area contributed by atoms with Crippen molar-refractivity contribution in [2.75, 3.05) is 20.6 Å². The molecule has 1 atom stereocenters. The minimum absolute atomic E-state index is 0.0467. The van der Waals surface area contributed by atoms with Crippen molar-refractivity contribution in [3.63, 3.8) is 0 Å². The van der Waals surface area contributed by atoms with Gasteiger partial charge in [0.15, 0.2) is 0 Å². The van der Waals surface area contributed by atoms with Gasteiger partial charge >= 0.3 is 0 Å². The second-order valence-corrected chi connectivity index (χ2v) is 7.59. The van der Waals surface area contributed by atoms with Gasteiger partial charge in [-0.05, 0) is 55.6 Å². The van der Waals surface area contributed by atoms with Gasteiger partial charge in [0.25, 0.3) is 5.56 Å². The molecular formula is C24H29N3O2. The van der Waals surface area contributed by atoms with Crippen LogP contribution in [-0.2, 0) is 17.6 Å². The van der Waals surface area contributed by atoms with Gasteiger partial charge in [0.2, 0.25) is 5.91 Å². The van der Waals surface area contributed by atoms with Crippen LogP contribution in [0.3, 0.4) is 0 Å². The van der Waals surface area contributed by atoms with Crippen LogP contribution in [0.15, 0.2) is 59.4 Å². The molecular weight excluding hydrogens is 362 g/mol. The second kappa shape index (κ2) is 9.52. The number of carbonyl (C=O) groups excluding carboxylic acids is 1. The number of pyridine rings is 1. The number of aryl methyl sites for hydroxylation is 2. The Hall–Kier alpha value is -2.92. The molecule has 0 spiro atoms. The minimum Gasteiger partial charge on any atom is -0.354 e. The number of hydrogen-bond donors (Lipinski definition) is 2. The maximum atomic E-state index is 12.4. The van der Waals surface area contributed by atoms with E-state index in [1.54, 1.807) is 0 Å². The van der Waals surface area contributed by atoms with Crippen LogP contribution in [0, 0.1) is 0 Å². The highest BCUT2D eigenvalue weighted by Gasteiger charge is 2.15. The molecule has 1 amide bonds. The molecule has 0 radical (unpaired) electrons. The molecule has 0 saturated heterocycles. The summed E-state index contributed by atoms with van der Waals surface area (Å²) in [6.07, 6.45) is 1.72. The van der Waals surface area contributed by atoms with E-state index < -0.39 is 0 Å². The predicted molar refractivity (Wildman–Crippen MR) is 118 cm³/mol. The first-order chi connectivity index (χ1) is 14.0. The van der Waals surface area contributed by atoms with E-state index in [-0.39, 0.29) is 23.9 Å². The van der Waals surface area contributed by atoms with Gasteiger partial charge in [0.05, 0.1) is 6.04 Å². The molecule has 1 unspecified atom stereocenters. The topological polar surface area (TPSA) is 65.2 Å². The lowest BCUT2D eigenvalue weighted by molar-refractivity contribution is -0.121. The first-order valence-corrected chi connectivity index (χ1v) is 10.1. The first kappa shape index (κ1) is 20.8. The minimum atomic E-state index is -0.126. The van der Waals surface area contributed by atoms with E-state index in [4.69, 9.17) is 0 Å². The van der Waals surface area contributed by atoms with E-state index in [1.807, 2.05) is 44.4 Å². The summed E-state index contributed by atoms with van der Waals surface area (Å²) in [7, 11) is 4.03. The average molecular weight is 392 g/mol. The number of aromatic amines is 1. The van der Waals surface area contributed by atoms with Gasteiger partial charge in [-0.25, -0.2) is 0 Å². The van der Waals surface area contributed by atoms with Gasteiger partial charge in [0.1, 0.15) is 0 Å². The van der Waals surface area contributed by atoms with E-state index in [1.165, 1.54) is 11.1 Å². The molecule has 0 fully saturated rings. The maximum Gasteiger partial charge on any atom is 0.251 e. The number of benzene rings is 2. The van der Waals surface area contributed by atoms with Gasteiger partial charge in [-0.2, -0.15) is 0 Å². The Kier molecular flexibility index (Phi) is 6.83. The highest BCUT2D eigenvalue weighted by Crippen LogP contribution is 2.18. The number of H-pyrrole nitrogens is 1. The number of likely N-dealkylation sites (N-methyl/N-ethyl adjacent to an activating group) is 1. The van der Waals surface area contributed by atoms with Crippen LogP contribution in [-0.4, -0.2) is 36.4 Å². The fourth-order valence-corrected chi connectivity index (χ4v) is 3.50. The number of aromatic nitrogens is 1. The predicted octanol–water partition coefficient (Wildman–Crippen LogP) is 3.44. The number of fused-ring (bicyclic) bond motifs is 1. The monoisotopic (exact) mass is 391 g/mol. The normalized spacial score (nSPS) is 12.3. The third kappa shape index (κ3) is 5.33. The zero-order valence-electron chi connectivity index (χ0n) is 17.4. The van der Waals surface area contributed by atoms with E-state index >= 15 is 0 Å². The van der Waals surface area contributed by atoms with Gasteiger partial charge in [0, 0.05) is 24.0 Å². The molecule has 152 valence electrons. The number of carbonyl (C=O) groups is 1. The van der Waals surface area contributed by atoms with Crippen molar-refractivity contribution in [3.05, 3.63) is 81.6 Å². The molecule has 5 heteroatoms. The third-order valence-electron chi connectivity index (χ3n) is 5.34. The number of amides is 1. The molecule has 1 heterocycles. The molecule has 5 nitrogen and oxygen atoms in total. The van der Waals surface area contributed by atoms with Crippen LogP contribution in [0.25, 0.3) is 10.9 Å². The summed E-state index contributed by atoms with van der Waals surface area (Å²) in [5.74, 6) is -0.0467. The summed E-state index contributed by atoms with van der Waals surface area (Å²) in [5, 5.41) is 4.00. The van der Waals surface area contributed by atoms with Gasteiger partial charge in [-0.1, -0.05) is 49.4 Å². The molecule has 0 aliphatic rings. The van der Waals surface area contributed by atoms with Crippen LogP contribution in [0.5, 0.6) is 0 Å². The molecule has 3 aromatic rings. The molecule has 29 heavy (non-hydrogen) atoms. The molecule has 0 bridgehead atoms. The van der Waals surface area contributed by atoms with E-state index in [0.29, 0.717) is 18.5 Å². The largest absolute Gasteiger partial charge is 0.354 e. The number of nitrogens with one attached hydrogen (secondary N) is 2. The molecule has 0 aliphatic heterocycles. The Balaban J connectivity index is 1.59. The third-order valence-corrected chi connectivity index (χ3v) is 5.34. The summed E-state index contributed by atoms with van der Waals surface area (Å²) in [6.45, 7) is 2.67. The summed E-state index contributed by atoms with van der Waals surface area (Å²) >= 11 is 0.